The lowest BCUT2D eigenvalue weighted by Gasteiger charge is -2.33. The third-order valence-corrected chi connectivity index (χ3v) is 3.61. The van der Waals surface area contributed by atoms with Gasteiger partial charge in [-0.1, -0.05) is 0 Å². The molecule has 4 nitrogen and oxygen atoms in total. The van der Waals surface area contributed by atoms with Crippen LogP contribution in [0, 0.1) is 5.92 Å². The van der Waals surface area contributed by atoms with Gasteiger partial charge in [-0.25, -0.2) is 0 Å². The number of carbonyl (C=O) groups is 1. The summed E-state index contributed by atoms with van der Waals surface area (Å²) in [5.41, 5.74) is -0.0152. The van der Waals surface area contributed by atoms with Gasteiger partial charge in [-0.2, -0.15) is 13.2 Å². The lowest BCUT2D eigenvalue weighted by molar-refractivity contribution is -0.184. The molecule has 1 fully saturated rings. The molecule has 1 aliphatic heterocycles. The average molecular weight is 303 g/mol. The summed E-state index contributed by atoms with van der Waals surface area (Å²) in [6.07, 6.45) is -3.98. The third-order valence-electron chi connectivity index (χ3n) is 3.61. The van der Waals surface area contributed by atoms with Crippen LogP contribution in [0.2, 0.25) is 0 Å². The standard InChI is InChI=1S/C14H16F3NO3/c1-21-10-4-5-11(12(19)7-10)13(20)18-6-2-3-9(8-18)14(15,16)17/h4-5,7,9,19H,2-3,6,8H2,1H3/t9-/m0/s1. The fraction of sp³-hybridized carbons (Fsp3) is 0.500. The largest absolute Gasteiger partial charge is 0.507 e. The van der Waals surface area contributed by atoms with Gasteiger partial charge in [-0.05, 0) is 25.0 Å². The number of likely N-dealkylation sites (tertiary alicyclic amines) is 1. The molecule has 1 amide bonds. The number of phenolic OH excluding ortho intramolecular Hbond substituents is 1. The van der Waals surface area contributed by atoms with Crippen LogP contribution in [0.3, 0.4) is 0 Å². The van der Waals surface area contributed by atoms with Crippen LogP contribution in [0.25, 0.3) is 0 Å². The van der Waals surface area contributed by atoms with Crippen molar-refractivity contribution in [1.29, 1.82) is 0 Å². The molecule has 1 aliphatic rings. The number of phenols is 1. The molecule has 0 bridgehead atoms. The minimum Gasteiger partial charge on any atom is -0.507 e. The van der Waals surface area contributed by atoms with Crippen molar-refractivity contribution in [3.63, 3.8) is 0 Å². The number of hydrogen-bond donors (Lipinski definition) is 1. The second-order valence-electron chi connectivity index (χ2n) is 5.02. The van der Waals surface area contributed by atoms with Crippen LogP contribution >= 0.6 is 0 Å². The number of carbonyl (C=O) groups excluding carboxylic acids is 1. The van der Waals surface area contributed by atoms with Crippen molar-refractivity contribution in [3.8, 4) is 11.5 Å². The van der Waals surface area contributed by atoms with E-state index in [1.807, 2.05) is 0 Å². The number of ether oxygens (including phenoxy) is 1. The summed E-state index contributed by atoms with van der Waals surface area (Å²) in [6, 6.07) is 4.10. The third kappa shape index (κ3) is 3.40. The molecule has 21 heavy (non-hydrogen) atoms. The molecule has 116 valence electrons. The van der Waals surface area contributed by atoms with Crippen molar-refractivity contribution in [3.05, 3.63) is 23.8 Å². The monoisotopic (exact) mass is 303 g/mol. The van der Waals surface area contributed by atoms with Crippen LogP contribution in [0.15, 0.2) is 18.2 Å². The molecule has 2 rings (SSSR count). The fourth-order valence-electron chi connectivity index (χ4n) is 2.42. The van der Waals surface area contributed by atoms with Crippen molar-refractivity contribution in [2.45, 2.75) is 19.0 Å². The first-order valence-corrected chi connectivity index (χ1v) is 6.56. The van der Waals surface area contributed by atoms with Gasteiger partial charge in [0.1, 0.15) is 11.5 Å². The van der Waals surface area contributed by atoms with E-state index in [9.17, 15) is 23.1 Å². The van der Waals surface area contributed by atoms with E-state index in [0.29, 0.717) is 12.2 Å². The van der Waals surface area contributed by atoms with Gasteiger partial charge in [0.15, 0.2) is 0 Å². The highest BCUT2D eigenvalue weighted by Crippen LogP contribution is 2.34. The van der Waals surface area contributed by atoms with E-state index in [-0.39, 0.29) is 30.8 Å². The second kappa shape index (κ2) is 5.83. The molecule has 0 aliphatic carbocycles. The summed E-state index contributed by atoms with van der Waals surface area (Å²) in [6.45, 7) is -0.106. The Morgan fingerprint density at radius 2 is 2.14 bits per heavy atom. The number of piperidine rings is 1. The number of rotatable bonds is 2. The molecule has 0 spiro atoms. The number of hydrogen-bond acceptors (Lipinski definition) is 3. The van der Waals surface area contributed by atoms with E-state index < -0.39 is 18.0 Å². The molecule has 0 aromatic heterocycles. The van der Waals surface area contributed by atoms with E-state index in [4.69, 9.17) is 4.74 Å². The number of benzene rings is 1. The van der Waals surface area contributed by atoms with Gasteiger partial charge < -0.3 is 14.7 Å². The van der Waals surface area contributed by atoms with Crippen LogP contribution in [0.5, 0.6) is 11.5 Å². The number of alkyl halides is 3. The van der Waals surface area contributed by atoms with Gasteiger partial charge in [-0.15, -0.1) is 0 Å². The smallest absolute Gasteiger partial charge is 0.393 e. The first kappa shape index (κ1) is 15.5. The van der Waals surface area contributed by atoms with Gasteiger partial charge in [0.2, 0.25) is 0 Å². The van der Waals surface area contributed by atoms with Crippen molar-refractivity contribution in [2.75, 3.05) is 20.2 Å². The summed E-state index contributed by atoms with van der Waals surface area (Å²) < 4.78 is 43.2. The summed E-state index contributed by atoms with van der Waals surface area (Å²) >= 11 is 0. The molecular weight excluding hydrogens is 287 g/mol. The highest BCUT2D eigenvalue weighted by atomic mass is 19.4. The van der Waals surface area contributed by atoms with Crippen molar-refractivity contribution in [2.24, 2.45) is 5.92 Å². The zero-order chi connectivity index (χ0) is 15.6. The van der Waals surface area contributed by atoms with Crippen molar-refractivity contribution < 1.29 is 27.8 Å². The van der Waals surface area contributed by atoms with E-state index >= 15 is 0 Å². The Balaban J connectivity index is 2.16. The minimum atomic E-state index is -4.30. The minimum absolute atomic E-state index is 0.0152. The Kier molecular flexibility index (Phi) is 4.29. The lowest BCUT2D eigenvalue weighted by atomic mass is 9.97. The van der Waals surface area contributed by atoms with Gasteiger partial charge >= 0.3 is 6.18 Å². The summed E-state index contributed by atoms with van der Waals surface area (Å²) in [7, 11) is 1.41. The van der Waals surface area contributed by atoms with Crippen LogP contribution in [0.1, 0.15) is 23.2 Å². The van der Waals surface area contributed by atoms with Gasteiger partial charge in [0, 0.05) is 19.2 Å². The van der Waals surface area contributed by atoms with Crippen molar-refractivity contribution >= 4 is 5.91 Å². The predicted octanol–water partition coefficient (Wildman–Crippen LogP) is 2.82. The molecule has 1 aromatic rings. The molecular formula is C14H16F3NO3. The Hall–Kier alpha value is -1.92. The number of aromatic hydroxyl groups is 1. The maximum Gasteiger partial charge on any atom is 0.393 e. The second-order valence-corrected chi connectivity index (χ2v) is 5.02. The summed E-state index contributed by atoms with van der Waals surface area (Å²) in [5.74, 6) is -2.02. The molecule has 1 heterocycles. The van der Waals surface area contributed by atoms with Gasteiger partial charge in [0.05, 0.1) is 18.6 Å². The Bertz CT molecular complexity index is 531. The van der Waals surface area contributed by atoms with Crippen LogP contribution in [-0.2, 0) is 0 Å². The SMILES string of the molecule is COc1ccc(C(=O)N2CCC[C@H](C(F)(F)F)C2)c(O)c1. The van der Waals surface area contributed by atoms with Gasteiger partial charge in [0.25, 0.3) is 5.91 Å². The molecule has 0 saturated carbocycles. The molecule has 1 aromatic carbocycles. The highest BCUT2D eigenvalue weighted by Gasteiger charge is 2.42. The maximum absolute atomic E-state index is 12.8. The topological polar surface area (TPSA) is 49.8 Å². The summed E-state index contributed by atoms with van der Waals surface area (Å²) in [5, 5.41) is 9.80. The Morgan fingerprint density at radius 3 is 2.71 bits per heavy atom. The van der Waals surface area contributed by atoms with Crippen LogP contribution in [0.4, 0.5) is 13.2 Å². The molecule has 1 atom stereocenters. The molecule has 1 N–H and O–H groups in total. The number of nitrogens with zero attached hydrogens (tertiary/aromatic N) is 1. The first-order chi connectivity index (χ1) is 9.82. The maximum atomic E-state index is 12.8. The normalized spacial score (nSPS) is 19.4. The highest BCUT2D eigenvalue weighted by molar-refractivity contribution is 5.97. The van der Waals surface area contributed by atoms with E-state index in [0.717, 1.165) is 4.90 Å². The van der Waals surface area contributed by atoms with Gasteiger partial charge in [-0.3, -0.25) is 4.79 Å². The summed E-state index contributed by atoms with van der Waals surface area (Å²) in [4.78, 5) is 13.4. The molecule has 0 unspecified atom stereocenters. The first-order valence-electron chi connectivity index (χ1n) is 6.56. The number of amides is 1. The Morgan fingerprint density at radius 1 is 1.43 bits per heavy atom. The number of methoxy groups -OCH3 is 1. The van der Waals surface area contributed by atoms with E-state index in [2.05, 4.69) is 0 Å². The quantitative estimate of drug-likeness (QED) is 0.914. The molecule has 1 saturated heterocycles. The lowest BCUT2D eigenvalue weighted by Crippen LogP contribution is -2.44. The zero-order valence-corrected chi connectivity index (χ0v) is 11.5. The average Bonchev–Trinajstić information content (AvgIpc) is 2.45. The molecule has 0 radical (unpaired) electrons. The number of halogens is 3. The predicted molar refractivity (Wildman–Crippen MR) is 69.3 cm³/mol. The van der Waals surface area contributed by atoms with Crippen LogP contribution < -0.4 is 4.74 Å². The molecule has 7 heteroatoms. The van der Waals surface area contributed by atoms with E-state index in [1.165, 1.54) is 25.3 Å². The fourth-order valence-corrected chi connectivity index (χ4v) is 2.42. The van der Waals surface area contributed by atoms with Crippen molar-refractivity contribution in [1.82, 2.24) is 4.90 Å². The zero-order valence-electron chi connectivity index (χ0n) is 11.5. The van der Waals surface area contributed by atoms with E-state index in [1.54, 1.807) is 0 Å². The Labute approximate surface area is 120 Å². The van der Waals surface area contributed by atoms with Crippen LogP contribution in [-0.4, -0.2) is 42.3 Å².